The largest absolute Gasteiger partial charge is 0.316 e. The molecule has 1 heteroatoms. The Balaban J connectivity index is 2.36. The van der Waals surface area contributed by atoms with Crippen LogP contribution in [0.1, 0.15) is 37.5 Å². The molecule has 1 N–H and O–H groups in total. The second kappa shape index (κ2) is 3.97. The molecule has 1 aliphatic heterocycles. The van der Waals surface area contributed by atoms with Crippen molar-refractivity contribution < 1.29 is 0 Å². The highest BCUT2D eigenvalue weighted by molar-refractivity contribution is 5.36. The lowest BCUT2D eigenvalue weighted by atomic mass is 9.84. The van der Waals surface area contributed by atoms with E-state index in [1.54, 1.807) is 5.56 Å². The van der Waals surface area contributed by atoms with Gasteiger partial charge in [0.25, 0.3) is 0 Å². The van der Waals surface area contributed by atoms with Gasteiger partial charge in [-0.2, -0.15) is 0 Å². The van der Waals surface area contributed by atoms with Crippen LogP contribution in [0, 0.1) is 0 Å². The van der Waals surface area contributed by atoms with E-state index in [0.29, 0.717) is 0 Å². The molecule has 0 saturated carbocycles. The summed E-state index contributed by atoms with van der Waals surface area (Å²) in [4.78, 5) is 0. The summed E-state index contributed by atoms with van der Waals surface area (Å²) in [5.74, 6) is 0. The minimum absolute atomic E-state index is 0.273. The van der Waals surface area contributed by atoms with E-state index >= 15 is 0 Å². The molecule has 82 valence electrons. The third-order valence-corrected chi connectivity index (χ3v) is 3.21. The molecule has 0 amide bonds. The average Bonchev–Trinajstić information content (AvgIpc) is 2.39. The predicted molar refractivity (Wildman–Crippen MR) is 65.4 cm³/mol. The highest BCUT2D eigenvalue weighted by Crippen LogP contribution is 2.25. The number of rotatable bonds is 0. The van der Waals surface area contributed by atoms with Crippen LogP contribution in [0.4, 0.5) is 0 Å². The fourth-order valence-corrected chi connectivity index (χ4v) is 2.14. The molecule has 0 aromatic heterocycles. The maximum Gasteiger partial charge on any atom is -0.000812 e. The molecule has 0 aliphatic carbocycles. The van der Waals surface area contributed by atoms with Gasteiger partial charge in [-0.05, 0) is 48.0 Å². The van der Waals surface area contributed by atoms with Gasteiger partial charge in [-0.1, -0.05) is 39.0 Å². The molecule has 0 bridgehead atoms. The topological polar surface area (TPSA) is 12.0 Å². The van der Waals surface area contributed by atoms with Gasteiger partial charge in [0.05, 0.1) is 0 Å². The molecule has 1 nitrogen and oxygen atoms in total. The van der Waals surface area contributed by atoms with Gasteiger partial charge < -0.3 is 5.32 Å². The van der Waals surface area contributed by atoms with Crippen LogP contribution < -0.4 is 5.32 Å². The van der Waals surface area contributed by atoms with Crippen LogP contribution in [-0.4, -0.2) is 13.1 Å². The average molecular weight is 203 g/mol. The zero-order chi connectivity index (χ0) is 10.9. The number of nitrogens with one attached hydrogen (secondary N) is 1. The fraction of sp³-hybridized carbons (Fsp3) is 0.571. The van der Waals surface area contributed by atoms with E-state index < -0.39 is 0 Å². The predicted octanol–water partition coefficient (Wildman–Crippen LogP) is 2.67. The van der Waals surface area contributed by atoms with E-state index in [4.69, 9.17) is 0 Å². The summed E-state index contributed by atoms with van der Waals surface area (Å²) in [6.45, 7) is 9.10. The Morgan fingerprint density at radius 3 is 2.33 bits per heavy atom. The summed E-state index contributed by atoms with van der Waals surface area (Å²) in [6.07, 6.45) is 2.36. The molecule has 1 aromatic rings. The highest BCUT2D eigenvalue weighted by atomic mass is 14.8. The molecule has 2 rings (SSSR count). The maximum absolute atomic E-state index is 3.45. The first kappa shape index (κ1) is 10.7. The molecule has 1 aromatic carbocycles. The van der Waals surface area contributed by atoms with Gasteiger partial charge in [0.1, 0.15) is 0 Å². The first-order chi connectivity index (χ1) is 7.07. The summed E-state index contributed by atoms with van der Waals surface area (Å²) in [7, 11) is 0. The first-order valence-corrected chi connectivity index (χ1v) is 5.90. The van der Waals surface area contributed by atoms with E-state index in [0.717, 1.165) is 13.1 Å². The number of hydrogen-bond acceptors (Lipinski definition) is 1. The Hall–Kier alpha value is -0.820. The monoisotopic (exact) mass is 203 g/mol. The number of benzene rings is 1. The van der Waals surface area contributed by atoms with Crippen LogP contribution in [0.3, 0.4) is 0 Å². The van der Waals surface area contributed by atoms with Crippen molar-refractivity contribution in [1.82, 2.24) is 5.32 Å². The van der Waals surface area contributed by atoms with Crippen LogP contribution in [0.2, 0.25) is 0 Å². The lowest BCUT2D eigenvalue weighted by Gasteiger charge is -2.20. The van der Waals surface area contributed by atoms with Gasteiger partial charge in [-0.3, -0.25) is 0 Å². The van der Waals surface area contributed by atoms with Gasteiger partial charge in [0.15, 0.2) is 0 Å². The van der Waals surface area contributed by atoms with Gasteiger partial charge in [-0.25, -0.2) is 0 Å². The van der Waals surface area contributed by atoms with Gasteiger partial charge in [0, 0.05) is 0 Å². The van der Waals surface area contributed by atoms with E-state index in [1.165, 1.54) is 24.0 Å². The molecule has 0 unspecified atom stereocenters. The number of fused-ring (bicyclic) bond motifs is 1. The molecule has 15 heavy (non-hydrogen) atoms. The van der Waals surface area contributed by atoms with Gasteiger partial charge in [0.2, 0.25) is 0 Å². The van der Waals surface area contributed by atoms with E-state index in [-0.39, 0.29) is 5.41 Å². The molecule has 1 aliphatic rings. The minimum Gasteiger partial charge on any atom is -0.316 e. The lowest BCUT2D eigenvalue weighted by Crippen LogP contribution is -2.16. The third-order valence-electron chi connectivity index (χ3n) is 3.21. The quantitative estimate of drug-likeness (QED) is 0.683. The van der Waals surface area contributed by atoms with Gasteiger partial charge >= 0.3 is 0 Å². The van der Waals surface area contributed by atoms with Crippen LogP contribution in [0.25, 0.3) is 0 Å². The van der Waals surface area contributed by atoms with Gasteiger partial charge in [-0.15, -0.1) is 0 Å². The van der Waals surface area contributed by atoms with Crippen molar-refractivity contribution in [1.29, 1.82) is 0 Å². The fourth-order valence-electron chi connectivity index (χ4n) is 2.14. The molecule has 0 spiro atoms. The van der Waals surface area contributed by atoms with E-state index in [1.807, 2.05) is 0 Å². The van der Waals surface area contributed by atoms with Crippen LogP contribution >= 0.6 is 0 Å². The van der Waals surface area contributed by atoms with Crippen molar-refractivity contribution >= 4 is 0 Å². The number of hydrogen-bond donors (Lipinski definition) is 1. The summed E-state index contributed by atoms with van der Waals surface area (Å²) in [5.41, 5.74) is 4.82. The zero-order valence-corrected chi connectivity index (χ0v) is 10.1. The molecule has 0 atom stereocenters. The molecule has 0 radical (unpaired) electrons. The molecular formula is C14H21N. The summed E-state index contributed by atoms with van der Waals surface area (Å²) in [5, 5.41) is 3.45. The van der Waals surface area contributed by atoms with Crippen LogP contribution in [-0.2, 0) is 18.3 Å². The Bertz CT molecular complexity index is 347. The lowest BCUT2D eigenvalue weighted by molar-refractivity contribution is 0.589. The third kappa shape index (κ3) is 2.40. The summed E-state index contributed by atoms with van der Waals surface area (Å²) < 4.78 is 0. The molecular weight excluding hydrogens is 182 g/mol. The van der Waals surface area contributed by atoms with Crippen molar-refractivity contribution in [3.05, 3.63) is 34.9 Å². The highest BCUT2D eigenvalue weighted by Gasteiger charge is 2.16. The van der Waals surface area contributed by atoms with Crippen molar-refractivity contribution in [3.63, 3.8) is 0 Å². The van der Waals surface area contributed by atoms with Crippen LogP contribution in [0.15, 0.2) is 18.2 Å². The minimum atomic E-state index is 0.273. The smallest absolute Gasteiger partial charge is 0.000812 e. The standard InChI is InChI=1S/C14H21N/c1-14(2,3)13-5-4-11-6-8-15-9-7-12(11)10-13/h4-5,10,15H,6-9H2,1-3H3. The second-order valence-corrected chi connectivity index (χ2v) is 5.48. The Morgan fingerprint density at radius 2 is 1.67 bits per heavy atom. The zero-order valence-electron chi connectivity index (χ0n) is 10.1. The Labute approximate surface area is 92.9 Å². The van der Waals surface area contributed by atoms with Crippen LogP contribution in [0.5, 0.6) is 0 Å². The maximum atomic E-state index is 3.45. The normalized spacial score (nSPS) is 17.0. The van der Waals surface area contributed by atoms with E-state index in [9.17, 15) is 0 Å². The van der Waals surface area contributed by atoms with Crippen molar-refractivity contribution in [2.45, 2.75) is 39.0 Å². The van der Waals surface area contributed by atoms with Crippen molar-refractivity contribution in [2.24, 2.45) is 0 Å². The summed E-state index contributed by atoms with van der Waals surface area (Å²) in [6, 6.07) is 7.02. The molecule has 1 heterocycles. The second-order valence-electron chi connectivity index (χ2n) is 5.48. The molecule has 0 saturated heterocycles. The molecule has 0 fully saturated rings. The SMILES string of the molecule is CC(C)(C)c1ccc2c(c1)CCNCC2. The first-order valence-electron chi connectivity index (χ1n) is 5.90. The Morgan fingerprint density at radius 1 is 1.00 bits per heavy atom. The van der Waals surface area contributed by atoms with Crippen molar-refractivity contribution in [3.8, 4) is 0 Å². The van der Waals surface area contributed by atoms with E-state index in [2.05, 4.69) is 44.3 Å². The van der Waals surface area contributed by atoms with Crippen molar-refractivity contribution in [2.75, 3.05) is 13.1 Å². The Kier molecular flexibility index (Phi) is 2.83. The summed E-state index contributed by atoms with van der Waals surface area (Å²) >= 11 is 0.